The van der Waals surface area contributed by atoms with Crippen molar-refractivity contribution in [1.82, 2.24) is 5.32 Å². The quantitative estimate of drug-likeness (QED) is 0.778. The molecular weight excluding hydrogens is 290 g/mol. The van der Waals surface area contributed by atoms with Crippen molar-refractivity contribution in [2.75, 3.05) is 20.2 Å². The highest BCUT2D eigenvalue weighted by molar-refractivity contribution is 7.10. The summed E-state index contributed by atoms with van der Waals surface area (Å²) in [6, 6.07) is 17.5. The standard InChI is InChI=1S/C19H19NOS/c1-20-11-18-19-16(9-10-22-19)17(12-21-18)15-8-4-6-13-5-2-3-7-14(13)15/h2-10,17-18,20H,11-12H2,1H3. The highest BCUT2D eigenvalue weighted by Gasteiger charge is 2.30. The van der Waals surface area contributed by atoms with Crippen LogP contribution in [0.15, 0.2) is 53.9 Å². The van der Waals surface area contributed by atoms with Gasteiger partial charge in [0.25, 0.3) is 0 Å². The molecule has 22 heavy (non-hydrogen) atoms. The first kappa shape index (κ1) is 13.9. The zero-order chi connectivity index (χ0) is 14.9. The lowest BCUT2D eigenvalue weighted by Gasteiger charge is -2.30. The van der Waals surface area contributed by atoms with E-state index in [9.17, 15) is 0 Å². The van der Waals surface area contributed by atoms with E-state index in [0.29, 0.717) is 5.92 Å². The Bertz CT molecular complexity index is 789. The number of ether oxygens (including phenoxy) is 1. The summed E-state index contributed by atoms with van der Waals surface area (Å²) in [5, 5.41) is 8.06. The third-order valence-corrected chi connectivity index (χ3v) is 5.47. The van der Waals surface area contributed by atoms with Crippen LogP contribution >= 0.6 is 11.3 Å². The third-order valence-electron chi connectivity index (χ3n) is 4.45. The van der Waals surface area contributed by atoms with Gasteiger partial charge in [-0.25, -0.2) is 0 Å². The molecule has 112 valence electrons. The number of hydrogen-bond acceptors (Lipinski definition) is 3. The van der Waals surface area contributed by atoms with Gasteiger partial charge in [-0.1, -0.05) is 42.5 Å². The van der Waals surface area contributed by atoms with E-state index in [0.717, 1.165) is 13.2 Å². The molecule has 2 unspecified atom stereocenters. The molecule has 2 atom stereocenters. The fourth-order valence-corrected chi connectivity index (χ4v) is 4.42. The topological polar surface area (TPSA) is 21.3 Å². The molecule has 2 aromatic carbocycles. The van der Waals surface area contributed by atoms with Gasteiger partial charge in [-0.2, -0.15) is 0 Å². The fourth-order valence-electron chi connectivity index (χ4n) is 3.41. The average Bonchev–Trinajstić information content (AvgIpc) is 3.05. The summed E-state index contributed by atoms with van der Waals surface area (Å²) < 4.78 is 6.17. The van der Waals surface area contributed by atoms with Crippen LogP contribution in [0.4, 0.5) is 0 Å². The summed E-state index contributed by atoms with van der Waals surface area (Å²) in [5.41, 5.74) is 2.81. The van der Waals surface area contributed by atoms with Gasteiger partial charge in [-0.05, 0) is 40.4 Å². The van der Waals surface area contributed by atoms with Crippen LogP contribution < -0.4 is 5.32 Å². The van der Waals surface area contributed by atoms with Crippen molar-refractivity contribution in [2.45, 2.75) is 12.0 Å². The Morgan fingerprint density at radius 2 is 1.95 bits per heavy atom. The molecule has 0 saturated carbocycles. The maximum absolute atomic E-state index is 6.17. The number of fused-ring (bicyclic) bond motifs is 2. The highest BCUT2D eigenvalue weighted by atomic mass is 32.1. The molecular formula is C19H19NOS. The van der Waals surface area contributed by atoms with Gasteiger partial charge in [0.15, 0.2) is 0 Å². The fraction of sp³-hybridized carbons (Fsp3) is 0.263. The van der Waals surface area contributed by atoms with E-state index in [4.69, 9.17) is 4.74 Å². The van der Waals surface area contributed by atoms with Crippen LogP contribution in [0.5, 0.6) is 0 Å². The number of nitrogens with one attached hydrogen (secondary N) is 1. The van der Waals surface area contributed by atoms with Gasteiger partial charge in [0.1, 0.15) is 6.10 Å². The van der Waals surface area contributed by atoms with Gasteiger partial charge in [0, 0.05) is 17.3 Å². The molecule has 1 aliphatic heterocycles. The van der Waals surface area contributed by atoms with Crippen LogP contribution in [0, 0.1) is 0 Å². The van der Waals surface area contributed by atoms with Crippen LogP contribution in [0.2, 0.25) is 0 Å². The summed E-state index contributed by atoms with van der Waals surface area (Å²) in [6.07, 6.45) is 0.186. The minimum Gasteiger partial charge on any atom is -0.370 e. The number of rotatable bonds is 3. The van der Waals surface area contributed by atoms with Gasteiger partial charge in [0.05, 0.1) is 6.61 Å². The molecule has 0 spiro atoms. The zero-order valence-electron chi connectivity index (χ0n) is 12.6. The van der Waals surface area contributed by atoms with Crippen molar-refractivity contribution in [3.05, 3.63) is 69.9 Å². The minimum absolute atomic E-state index is 0.186. The second kappa shape index (κ2) is 5.84. The molecule has 0 radical (unpaired) electrons. The Labute approximate surface area is 134 Å². The molecule has 0 bridgehead atoms. The Morgan fingerprint density at radius 3 is 2.86 bits per heavy atom. The largest absolute Gasteiger partial charge is 0.370 e. The van der Waals surface area contributed by atoms with E-state index < -0.39 is 0 Å². The molecule has 4 rings (SSSR count). The third kappa shape index (κ3) is 2.26. The van der Waals surface area contributed by atoms with E-state index in [2.05, 4.69) is 59.2 Å². The maximum Gasteiger partial charge on any atom is 0.104 e. The monoisotopic (exact) mass is 309 g/mol. The second-order valence-electron chi connectivity index (χ2n) is 5.74. The number of likely N-dealkylation sites (N-methyl/N-ethyl adjacent to an activating group) is 1. The average molecular weight is 309 g/mol. The van der Waals surface area contributed by atoms with E-state index in [1.807, 2.05) is 18.4 Å². The van der Waals surface area contributed by atoms with Gasteiger partial charge in [0.2, 0.25) is 0 Å². The molecule has 2 heterocycles. The summed E-state index contributed by atoms with van der Waals surface area (Å²) in [6.45, 7) is 1.62. The molecule has 0 fully saturated rings. The maximum atomic E-state index is 6.17. The first-order valence-corrected chi connectivity index (χ1v) is 8.57. The predicted molar refractivity (Wildman–Crippen MR) is 92.7 cm³/mol. The number of thiophene rings is 1. The van der Waals surface area contributed by atoms with Crippen LogP contribution in [0.25, 0.3) is 10.8 Å². The van der Waals surface area contributed by atoms with Gasteiger partial charge in [-0.15, -0.1) is 11.3 Å². The Kier molecular flexibility index (Phi) is 3.70. The van der Waals surface area contributed by atoms with Crippen molar-refractivity contribution in [3.63, 3.8) is 0 Å². The summed E-state index contributed by atoms with van der Waals surface area (Å²) in [7, 11) is 1.98. The molecule has 0 amide bonds. The first-order chi connectivity index (χ1) is 10.9. The van der Waals surface area contributed by atoms with Crippen LogP contribution in [-0.2, 0) is 4.74 Å². The van der Waals surface area contributed by atoms with Crippen molar-refractivity contribution in [3.8, 4) is 0 Å². The van der Waals surface area contributed by atoms with Crippen molar-refractivity contribution < 1.29 is 4.74 Å². The van der Waals surface area contributed by atoms with E-state index in [-0.39, 0.29) is 6.10 Å². The van der Waals surface area contributed by atoms with Crippen molar-refractivity contribution >= 4 is 22.1 Å². The Hall–Kier alpha value is -1.68. The Morgan fingerprint density at radius 1 is 1.09 bits per heavy atom. The lowest BCUT2D eigenvalue weighted by Crippen LogP contribution is -2.27. The zero-order valence-corrected chi connectivity index (χ0v) is 13.4. The van der Waals surface area contributed by atoms with Crippen LogP contribution in [0.3, 0.4) is 0 Å². The first-order valence-electron chi connectivity index (χ1n) is 7.69. The lowest BCUT2D eigenvalue weighted by molar-refractivity contribution is 0.0385. The molecule has 3 heteroatoms. The van der Waals surface area contributed by atoms with Crippen LogP contribution in [-0.4, -0.2) is 20.2 Å². The molecule has 3 aromatic rings. The normalized spacial score (nSPS) is 21.0. The van der Waals surface area contributed by atoms with Crippen molar-refractivity contribution in [1.29, 1.82) is 0 Å². The summed E-state index contributed by atoms with van der Waals surface area (Å²) in [4.78, 5) is 1.37. The predicted octanol–water partition coefficient (Wildman–Crippen LogP) is 4.32. The lowest BCUT2D eigenvalue weighted by atomic mass is 9.86. The Balaban J connectivity index is 1.81. The molecule has 0 aliphatic carbocycles. The smallest absolute Gasteiger partial charge is 0.104 e. The molecule has 1 aliphatic rings. The van der Waals surface area contributed by atoms with Gasteiger partial charge >= 0.3 is 0 Å². The molecule has 0 saturated heterocycles. The summed E-state index contributed by atoms with van der Waals surface area (Å²) >= 11 is 1.81. The number of hydrogen-bond donors (Lipinski definition) is 1. The van der Waals surface area contributed by atoms with Gasteiger partial charge < -0.3 is 10.1 Å². The summed E-state index contributed by atoms with van der Waals surface area (Å²) in [5.74, 6) is 0.334. The molecule has 2 nitrogen and oxygen atoms in total. The van der Waals surface area contributed by atoms with E-state index in [1.165, 1.54) is 26.8 Å². The van der Waals surface area contributed by atoms with Crippen molar-refractivity contribution in [2.24, 2.45) is 0 Å². The van der Waals surface area contributed by atoms with Gasteiger partial charge in [-0.3, -0.25) is 0 Å². The van der Waals surface area contributed by atoms with E-state index in [1.54, 1.807) is 0 Å². The van der Waals surface area contributed by atoms with Crippen LogP contribution in [0.1, 0.15) is 28.0 Å². The highest BCUT2D eigenvalue weighted by Crippen LogP contribution is 2.42. The minimum atomic E-state index is 0.186. The molecule has 1 N–H and O–H groups in total. The second-order valence-corrected chi connectivity index (χ2v) is 6.69. The molecule has 1 aromatic heterocycles. The van der Waals surface area contributed by atoms with E-state index >= 15 is 0 Å². The SMILES string of the molecule is CNCC1OCC(c2cccc3ccccc23)c2ccsc21. The number of benzene rings is 2.